The Bertz CT molecular complexity index is 892. The number of hydrogen-bond donors (Lipinski definition) is 6. The SMILES string of the molecule is CC(=O)Nc1c(I)c(NC(C)=O)c(I)c(C(=O)O)c1I.Nc1nc(N)nc(N)n1. The fourth-order valence-corrected chi connectivity index (χ4v) is 6.02. The zero-order valence-corrected chi connectivity index (χ0v) is 21.4. The molecule has 9 N–H and O–H groups in total. The van der Waals surface area contributed by atoms with Gasteiger partial charge in [-0.05, 0) is 67.8 Å². The lowest BCUT2D eigenvalue weighted by Gasteiger charge is -2.17. The number of nitrogen functional groups attached to an aromatic ring is 3. The van der Waals surface area contributed by atoms with E-state index in [0.29, 0.717) is 22.1 Å². The zero-order chi connectivity index (χ0) is 22.5. The molecular weight excluding hydrogens is 725 g/mol. The molecular formula is C14H15I3N8O4. The molecule has 1 heterocycles. The van der Waals surface area contributed by atoms with Gasteiger partial charge in [0.2, 0.25) is 29.7 Å². The second-order valence-electron chi connectivity index (χ2n) is 5.14. The van der Waals surface area contributed by atoms with E-state index in [0.717, 1.165) is 0 Å². The Morgan fingerprint density at radius 3 is 1.31 bits per heavy atom. The number of nitrogens with two attached hydrogens (primary N) is 3. The maximum absolute atomic E-state index is 11.4. The number of aromatic carboxylic acids is 1. The van der Waals surface area contributed by atoms with Crippen molar-refractivity contribution < 1.29 is 19.5 Å². The summed E-state index contributed by atoms with van der Waals surface area (Å²) in [6.45, 7) is 2.67. The fraction of sp³-hybridized carbons (Fsp3) is 0.143. The van der Waals surface area contributed by atoms with Gasteiger partial charge in [0, 0.05) is 13.8 Å². The number of carbonyl (C=O) groups excluding carboxylic acids is 2. The summed E-state index contributed by atoms with van der Waals surface area (Å²) in [5.41, 5.74) is 16.2. The number of aromatic nitrogens is 3. The molecule has 156 valence electrons. The first-order valence-electron chi connectivity index (χ1n) is 7.36. The Labute approximate surface area is 205 Å². The lowest BCUT2D eigenvalue weighted by molar-refractivity contribution is -0.115. The molecule has 0 aliphatic heterocycles. The highest BCUT2D eigenvalue weighted by Crippen LogP contribution is 2.38. The number of hydrogen-bond acceptors (Lipinski definition) is 9. The molecule has 0 aliphatic carbocycles. The lowest BCUT2D eigenvalue weighted by atomic mass is 10.1. The smallest absolute Gasteiger partial charge is 0.338 e. The van der Waals surface area contributed by atoms with Crippen LogP contribution in [0, 0.1) is 10.7 Å². The van der Waals surface area contributed by atoms with Crippen LogP contribution in [0.2, 0.25) is 0 Å². The summed E-state index contributed by atoms with van der Waals surface area (Å²) < 4.78 is 1.44. The van der Waals surface area contributed by atoms with Gasteiger partial charge in [0.25, 0.3) is 0 Å². The summed E-state index contributed by atoms with van der Waals surface area (Å²) in [7, 11) is 0. The van der Waals surface area contributed by atoms with Crippen molar-refractivity contribution in [3.8, 4) is 0 Å². The highest BCUT2D eigenvalue weighted by molar-refractivity contribution is 14.1. The van der Waals surface area contributed by atoms with Gasteiger partial charge >= 0.3 is 5.97 Å². The van der Waals surface area contributed by atoms with E-state index >= 15 is 0 Å². The van der Waals surface area contributed by atoms with Gasteiger partial charge in [-0.15, -0.1) is 0 Å². The summed E-state index contributed by atoms with van der Waals surface area (Å²) in [6.07, 6.45) is 0. The largest absolute Gasteiger partial charge is 0.478 e. The molecule has 2 amide bonds. The van der Waals surface area contributed by atoms with E-state index in [1.54, 1.807) is 0 Å². The minimum absolute atomic E-state index is 0.0417. The molecule has 0 atom stereocenters. The summed E-state index contributed by atoms with van der Waals surface area (Å²) in [5.74, 6) is -1.62. The average molecular weight is 740 g/mol. The normalized spacial score (nSPS) is 9.83. The molecule has 29 heavy (non-hydrogen) atoms. The van der Waals surface area contributed by atoms with E-state index in [9.17, 15) is 19.5 Å². The first kappa shape index (κ1) is 25.3. The van der Waals surface area contributed by atoms with E-state index in [2.05, 4.69) is 25.6 Å². The molecule has 0 aliphatic rings. The topological polar surface area (TPSA) is 212 Å². The Balaban J connectivity index is 0.000000387. The van der Waals surface area contributed by atoms with Crippen LogP contribution in [0.3, 0.4) is 0 Å². The molecule has 2 aromatic rings. The highest BCUT2D eigenvalue weighted by Gasteiger charge is 2.25. The predicted octanol–water partition coefficient (Wildman–Crippen LogP) is 1.73. The van der Waals surface area contributed by atoms with Gasteiger partial charge in [0.15, 0.2) is 0 Å². The third-order valence-electron chi connectivity index (χ3n) is 2.82. The highest BCUT2D eigenvalue weighted by atomic mass is 127. The summed E-state index contributed by atoms with van der Waals surface area (Å²) in [4.78, 5) is 44.4. The summed E-state index contributed by atoms with van der Waals surface area (Å²) in [5, 5.41) is 14.5. The summed E-state index contributed by atoms with van der Waals surface area (Å²) in [6, 6.07) is 0. The Kier molecular flexibility index (Phi) is 9.45. The lowest BCUT2D eigenvalue weighted by Crippen LogP contribution is -2.17. The molecule has 2 rings (SSSR count). The molecule has 0 spiro atoms. The van der Waals surface area contributed by atoms with Crippen LogP contribution in [-0.4, -0.2) is 37.8 Å². The number of carboxylic acid groups (broad SMARTS) is 1. The second kappa shape index (κ2) is 10.8. The monoisotopic (exact) mass is 740 g/mol. The van der Waals surface area contributed by atoms with Gasteiger partial charge in [-0.3, -0.25) is 9.59 Å². The molecule has 0 saturated carbocycles. The van der Waals surface area contributed by atoms with E-state index in [1.807, 2.05) is 67.8 Å². The van der Waals surface area contributed by atoms with Crippen molar-refractivity contribution in [2.75, 3.05) is 27.8 Å². The maximum atomic E-state index is 11.4. The molecule has 0 radical (unpaired) electrons. The minimum atomic E-state index is -1.12. The molecule has 0 bridgehead atoms. The van der Waals surface area contributed by atoms with Crippen molar-refractivity contribution in [1.82, 2.24) is 15.0 Å². The van der Waals surface area contributed by atoms with E-state index < -0.39 is 5.97 Å². The third kappa shape index (κ3) is 7.21. The van der Waals surface area contributed by atoms with Crippen LogP contribution >= 0.6 is 67.8 Å². The molecule has 12 nitrogen and oxygen atoms in total. The Morgan fingerprint density at radius 2 is 1.07 bits per heavy atom. The Morgan fingerprint density at radius 1 is 0.759 bits per heavy atom. The average Bonchev–Trinajstić information content (AvgIpc) is 2.54. The molecule has 1 aromatic heterocycles. The van der Waals surface area contributed by atoms with Gasteiger partial charge < -0.3 is 32.9 Å². The van der Waals surface area contributed by atoms with Crippen molar-refractivity contribution in [2.24, 2.45) is 0 Å². The van der Waals surface area contributed by atoms with E-state index in [-0.39, 0.29) is 35.2 Å². The second-order valence-corrected chi connectivity index (χ2v) is 8.38. The molecule has 0 saturated heterocycles. The quantitative estimate of drug-likeness (QED) is 0.251. The van der Waals surface area contributed by atoms with Crippen LogP contribution in [0.15, 0.2) is 0 Å². The number of amides is 2. The predicted molar refractivity (Wildman–Crippen MR) is 133 cm³/mol. The van der Waals surface area contributed by atoms with Gasteiger partial charge in [-0.1, -0.05) is 0 Å². The van der Waals surface area contributed by atoms with Crippen LogP contribution in [-0.2, 0) is 9.59 Å². The van der Waals surface area contributed by atoms with Gasteiger partial charge in [0.1, 0.15) is 0 Å². The van der Waals surface area contributed by atoms with Gasteiger partial charge in [-0.25, -0.2) is 4.79 Å². The van der Waals surface area contributed by atoms with Crippen LogP contribution in [0.1, 0.15) is 24.2 Å². The van der Waals surface area contributed by atoms with Crippen molar-refractivity contribution in [3.05, 3.63) is 16.3 Å². The number of nitrogens with zero attached hydrogens (tertiary/aromatic N) is 3. The number of rotatable bonds is 3. The Hall–Kier alpha value is -1.77. The van der Waals surface area contributed by atoms with Crippen LogP contribution < -0.4 is 27.8 Å². The first-order valence-corrected chi connectivity index (χ1v) is 10.6. The van der Waals surface area contributed by atoms with Crippen molar-refractivity contribution in [1.29, 1.82) is 0 Å². The van der Waals surface area contributed by atoms with Crippen molar-refractivity contribution >= 4 is 115 Å². The minimum Gasteiger partial charge on any atom is -0.478 e. The number of carbonyl (C=O) groups is 3. The third-order valence-corrected chi connectivity index (χ3v) is 6.06. The van der Waals surface area contributed by atoms with Crippen LogP contribution in [0.4, 0.5) is 29.2 Å². The summed E-state index contributed by atoms with van der Waals surface area (Å²) >= 11 is 5.71. The fourth-order valence-electron chi connectivity index (χ4n) is 1.85. The number of anilines is 5. The number of nitrogens with one attached hydrogen (secondary N) is 2. The standard InChI is InChI=1S/C11H9I3N2O4.C3H6N6/c1-3(17)15-9-6(12)5(11(19)20)7(13)10(8(9)14)16-4(2)18;4-1-7-2(5)9-3(6)8-1/h1-2H3,(H,15,17)(H,16,18)(H,19,20);(H6,4,5,6,7,8,9). The number of carboxylic acids is 1. The molecule has 0 fully saturated rings. The van der Waals surface area contributed by atoms with Crippen LogP contribution in [0.25, 0.3) is 0 Å². The zero-order valence-electron chi connectivity index (χ0n) is 14.9. The van der Waals surface area contributed by atoms with Gasteiger partial charge in [-0.2, -0.15) is 15.0 Å². The number of halogens is 3. The first-order chi connectivity index (χ1) is 13.3. The van der Waals surface area contributed by atoms with Crippen molar-refractivity contribution in [3.63, 3.8) is 0 Å². The van der Waals surface area contributed by atoms with E-state index in [4.69, 9.17) is 17.2 Å². The molecule has 15 heteroatoms. The van der Waals surface area contributed by atoms with Crippen molar-refractivity contribution in [2.45, 2.75) is 13.8 Å². The maximum Gasteiger partial charge on any atom is 0.338 e. The molecule has 0 unspecified atom stereocenters. The molecule has 1 aromatic carbocycles. The number of benzene rings is 1. The van der Waals surface area contributed by atoms with E-state index in [1.165, 1.54) is 13.8 Å². The van der Waals surface area contributed by atoms with Gasteiger partial charge in [0.05, 0.1) is 27.6 Å². The van der Waals surface area contributed by atoms with Crippen LogP contribution in [0.5, 0.6) is 0 Å².